The molecule has 0 radical (unpaired) electrons. The Kier molecular flexibility index (Phi) is 7.15. The summed E-state index contributed by atoms with van der Waals surface area (Å²) >= 11 is 1.97. The molecule has 2 atom stereocenters. The zero-order valence-corrected chi connectivity index (χ0v) is 18.7. The third kappa shape index (κ3) is 5.54. The van der Waals surface area contributed by atoms with Crippen molar-refractivity contribution < 1.29 is 14.3 Å². The molecule has 3 aliphatic rings. The highest BCUT2D eigenvalue weighted by Gasteiger charge is 2.36. The number of carbonyl (C=O) groups excluding carboxylic acids is 2. The van der Waals surface area contributed by atoms with Gasteiger partial charge in [-0.25, -0.2) is 4.79 Å². The molecule has 0 aromatic carbocycles. The van der Waals surface area contributed by atoms with Crippen LogP contribution < -0.4 is 0 Å². The highest BCUT2D eigenvalue weighted by Crippen LogP contribution is 2.21. The Morgan fingerprint density at radius 1 is 0.964 bits per heavy atom. The number of carbonyl (C=O) groups is 2. The number of amides is 2. The zero-order valence-electron chi connectivity index (χ0n) is 17.9. The van der Waals surface area contributed by atoms with Crippen molar-refractivity contribution in [2.24, 2.45) is 0 Å². The molecule has 3 heterocycles. The summed E-state index contributed by atoms with van der Waals surface area (Å²) in [5.74, 6) is 2.53. The van der Waals surface area contributed by atoms with Crippen LogP contribution in [0, 0.1) is 0 Å². The van der Waals surface area contributed by atoms with Crippen LogP contribution in [0.5, 0.6) is 0 Å². The van der Waals surface area contributed by atoms with Gasteiger partial charge in [0.25, 0.3) is 0 Å². The number of hydrogen-bond acceptors (Lipinski definition) is 6. The van der Waals surface area contributed by atoms with Gasteiger partial charge in [-0.2, -0.15) is 11.8 Å². The minimum atomic E-state index is -0.454. The van der Waals surface area contributed by atoms with Gasteiger partial charge >= 0.3 is 6.09 Å². The van der Waals surface area contributed by atoms with E-state index in [1.54, 1.807) is 4.90 Å². The topological polar surface area (TPSA) is 56.3 Å². The average molecular weight is 413 g/mol. The maximum Gasteiger partial charge on any atom is 0.410 e. The Labute approximate surface area is 173 Å². The Morgan fingerprint density at radius 3 is 2.21 bits per heavy atom. The third-order valence-electron chi connectivity index (χ3n) is 5.91. The molecule has 0 N–H and O–H groups in total. The number of ether oxygens (including phenoxy) is 1. The predicted molar refractivity (Wildman–Crippen MR) is 113 cm³/mol. The van der Waals surface area contributed by atoms with Crippen molar-refractivity contribution in [2.75, 3.05) is 63.9 Å². The molecule has 3 aliphatic heterocycles. The van der Waals surface area contributed by atoms with Crippen LogP contribution in [-0.2, 0) is 9.53 Å². The number of rotatable bonds is 3. The van der Waals surface area contributed by atoms with E-state index in [2.05, 4.69) is 21.6 Å². The van der Waals surface area contributed by atoms with Gasteiger partial charge in [0.1, 0.15) is 5.60 Å². The fourth-order valence-corrected chi connectivity index (χ4v) is 5.15. The predicted octanol–water partition coefficient (Wildman–Crippen LogP) is 1.58. The first-order chi connectivity index (χ1) is 13.2. The van der Waals surface area contributed by atoms with Gasteiger partial charge in [0, 0.05) is 69.9 Å². The first-order valence-corrected chi connectivity index (χ1v) is 11.7. The highest BCUT2D eigenvalue weighted by molar-refractivity contribution is 7.99. The maximum absolute atomic E-state index is 12.9. The Bertz CT molecular complexity index is 554. The maximum atomic E-state index is 12.9. The van der Waals surface area contributed by atoms with E-state index in [0.717, 1.165) is 57.2 Å². The summed E-state index contributed by atoms with van der Waals surface area (Å²) in [6.07, 6.45) is 0.810. The van der Waals surface area contributed by atoms with E-state index in [0.29, 0.717) is 19.1 Å². The lowest BCUT2D eigenvalue weighted by atomic mass is 10.2. The van der Waals surface area contributed by atoms with E-state index >= 15 is 0 Å². The number of hydrogen-bond donors (Lipinski definition) is 0. The van der Waals surface area contributed by atoms with Crippen LogP contribution in [0.25, 0.3) is 0 Å². The lowest BCUT2D eigenvalue weighted by molar-refractivity contribution is -0.135. The van der Waals surface area contributed by atoms with Crippen LogP contribution in [0.4, 0.5) is 4.79 Å². The van der Waals surface area contributed by atoms with Crippen molar-refractivity contribution in [1.82, 2.24) is 19.6 Å². The summed E-state index contributed by atoms with van der Waals surface area (Å²) < 4.78 is 5.48. The van der Waals surface area contributed by atoms with Crippen LogP contribution in [0.15, 0.2) is 0 Å². The molecule has 0 aromatic heterocycles. The van der Waals surface area contributed by atoms with Gasteiger partial charge in [-0.05, 0) is 34.1 Å². The molecule has 3 fully saturated rings. The molecule has 0 aromatic rings. The van der Waals surface area contributed by atoms with Gasteiger partial charge in [0.05, 0.1) is 6.04 Å². The molecule has 160 valence electrons. The van der Waals surface area contributed by atoms with Gasteiger partial charge in [-0.1, -0.05) is 0 Å². The molecule has 0 bridgehead atoms. The number of likely N-dealkylation sites (tertiary alicyclic amines) is 1. The number of nitrogens with zero attached hydrogens (tertiary/aromatic N) is 4. The summed E-state index contributed by atoms with van der Waals surface area (Å²) in [6.45, 7) is 14.5. The second-order valence-electron chi connectivity index (χ2n) is 9.05. The molecule has 0 aliphatic carbocycles. The fraction of sp³-hybridized carbons (Fsp3) is 0.900. The molecule has 28 heavy (non-hydrogen) atoms. The quantitative estimate of drug-likeness (QED) is 0.702. The van der Waals surface area contributed by atoms with Gasteiger partial charge in [-0.3, -0.25) is 14.6 Å². The van der Waals surface area contributed by atoms with E-state index in [-0.39, 0.29) is 18.0 Å². The number of thioether (sulfide) groups is 1. The van der Waals surface area contributed by atoms with E-state index in [1.165, 1.54) is 0 Å². The van der Waals surface area contributed by atoms with Crippen molar-refractivity contribution in [2.45, 2.75) is 51.8 Å². The zero-order chi connectivity index (χ0) is 20.3. The third-order valence-corrected chi connectivity index (χ3v) is 6.85. The van der Waals surface area contributed by atoms with Gasteiger partial charge in [-0.15, -0.1) is 0 Å². The summed E-state index contributed by atoms with van der Waals surface area (Å²) in [7, 11) is 0. The van der Waals surface area contributed by atoms with E-state index < -0.39 is 5.60 Å². The van der Waals surface area contributed by atoms with Crippen molar-refractivity contribution in [3.63, 3.8) is 0 Å². The van der Waals surface area contributed by atoms with E-state index in [9.17, 15) is 9.59 Å². The molecule has 0 spiro atoms. The fourth-order valence-electron chi connectivity index (χ4n) is 4.22. The standard InChI is InChI=1S/C20H36N4O3S/c1-16(21-11-13-28-14-12-21)18(25)24-6-5-17(15-24)22-7-9-23(10-8-22)19(26)27-20(2,3)4/h16-17H,5-15H2,1-4H3/t16-,17+/m1/s1. The van der Waals surface area contributed by atoms with Crippen molar-refractivity contribution >= 4 is 23.8 Å². The SMILES string of the molecule is C[C@H](C(=O)N1CC[C@H](N2CCN(C(=O)OC(C)(C)C)CC2)C1)N1CCSCC1. The molecule has 3 rings (SSSR count). The summed E-state index contributed by atoms with van der Waals surface area (Å²) in [6, 6.07) is 0.400. The van der Waals surface area contributed by atoms with Crippen molar-refractivity contribution in [1.29, 1.82) is 0 Å². The summed E-state index contributed by atoms with van der Waals surface area (Å²) in [4.78, 5) is 33.8. The van der Waals surface area contributed by atoms with Crippen LogP contribution in [0.1, 0.15) is 34.1 Å². The minimum absolute atomic E-state index is 0.0105. The van der Waals surface area contributed by atoms with E-state index in [4.69, 9.17) is 4.74 Å². The Morgan fingerprint density at radius 2 is 1.61 bits per heavy atom. The Balaban J connectivity index is 1.44. The van der Waals surface area contributed by atoms with Crippen molar-refractivity contribution in [3.05, 3.63) is 0 Å². The highest BCUT2D eigenvalue weighted by atomic mass is 32.2. The smallest absolute Gasteiger partial charge is 0.410 e. The van der Waals surface area contributed by atoms with E-state index in [1.807, 2.05) is 32.5 Å². The molecule has 0 saturated carbocycles. The summed E-state index contributed by atoms with van der Waals surface area (Å²) in [5.41, 5.74) is -0.454. The first kappa shape index (κ1) is 21.7. The van der Waals surface area contributed by atoms with Crippen LogP contribution >= 0.6 is 11.8 Å². The molecule has 8 heteroatoms. The lowest BCUT2D eigenvalue weighted by Crippen LogP contribution is -2.54. The monoisotopic (exact) mass is 412 g/mol. The second kappa shape index (κ2) is 9.22. The number of piperazine rings is 1. The minimum Gasteiger partial charge on any atom is -0.444 e. The molecule has 3 saturated heterocycles. The average Bonchev–Trinajstić information content (AvgIpc) is 3.16. The van der Waals surface area contributed by atoms with Gasteiger partial charge < -0.3 is 14.5 Å². The van der Waals surface area contributed by atoms with Gasteiger partial charge in [0.2, 0.25) is 5.91 Å². The molecular formula is C20H36N4O3S. The van der Waals surface area contributed by atoms with Crippen LogP contribution in [-0.4, -0.2) is 113 Å². The lowest BCUT2D eigenvalue weighted by Gasteiger charge is -2.38. The molecule has 7 nitrogen and oxygen atoms in total. The normalized spacial score (nSPS) is 26.4. The molecule has 2 amide bonds. The second-order valence-corrected chi connectivity index (χ2v) is 10.3. The van der Waals surface area contributed by atoms with Crippen molar-refractivity contribution in [3.8, 4) is 0 Å². The first-order valence-electron chi connectivity index (χ1n) is 10.6. The largest absolute Gasteiger partial charge is 0.444 e. The summed E-state index contributed by atoms with van der Waals surface area (Å²) in [5, 5.41) is 0. The molecule has 0 unspecified atom stereocenters. The van der Waals surface area contributed by atoms with Crippen LogP contribution in [0.2, 0.25) is 0 Å². The van der Waals surface area contributed by atoms with Gasteiger partial charge in [0.15, 0.2) is 0 Å². The van der Waals surface area contributed by atoms with Crippen LogP contribution in [0.3, 0.4) is 0 Å². The molecular weight excluding hydrogens is 376 g/mol. The Hall–Kier alpha value is -0.990.